The van der Waals surface area contributed by atoms with Crippen LogP contribution in [0.5, 0.6) is 5.75 Å². The highest BCUT2D eigenvalue weighted by atomic mass is 32.2. The van der Waals surface area contributed by atoms with Crippen molar-refractivity contribution >= 4 is 21.9 Å². The molecule has 0 amide bonds. The van der Waals surface area contributed by atoms with Crippen LogP contribution in [0.2, 0.25) is 0 Å². The molecule has 6 nitrogen and oxygen atoms in total. The molecule has 27 heavy (non-hydrogen) atoms. The fraction of sp³-hybridized carbons (Fsp3) is 0.176. The van der Waals surface area contributed by atoms with Crippen molar-refractivity contribution in [3.05, 3.63) is 65.2 Å². The lowest BCUT2D eigenvalue weighted by Crippen LogP contribution is -2.28. The number of methoxy groups -OCH3 is 1. The zero-order valence-electron chi connectivity index (χ0n) is 13.8. The number of ether oxygens (including phenoxy) is 1. The van der Waals surface area contributed by atoms with Crippen molar-refractivity contribution in [1.29, 1.82) is 0 Å². The van der Waals surface area contributed by atoms with Crippen molar-refractivity contribution in [2.75, 3.05) is 7.11 Å². The van der Waals surface area contributed by atoms with Gasteiger partial charge in [0.05, 0.1) is 19.1 Å². The van der Waals surface area contributed by atoms with Gasteiger partial charge < -0.3 is 8.92 Å². The van der Waals surface area contributed by atoms with Crippen LogP contribution in [0.15, 0.2) is 48.5 Å². The topological polar surface area (TPSA) is 86.7 Å². The van der Waals surface area contributed by atoms with Gasteiger partial charge in [0, 0.05) is 5.56 Å². The first-order valence-corrected chi connectivity index (χ1v) is 8.76. The lowest BCUT2D eigenvalue weighted by atomic mass is 10.00. The van der Waals surface area contributed by atoms with Crippen molar-refractivity contribution in [2.24, 2.45) is 0 Å². The van der Waals surface area contributed by atoms with E-state index in [1.54, 1.807) is 6.07 Å². The molecule has 0 saturated heterocycles. The lowest BCUT2D eigenvalue weighted by molar-refractivity contribution is -0.139. The maximum Gasteiger partial charge on any atom is 0.534 e. The maximum absolute atomic E-state index is 12.6. The van der Waals surface area contributed by atoms with Crippen LogP contribution in [0, 0.1) is 0 Å². The molecule has 2 rings (SSSR count). The quantitative estimate of drug-likeness (QED) is 0.320. The number of rotatable bonds is 6. The van der Waals surface area contributed by atoms with Crippen LogP contribution in [0.3, 0.4) is 0 Å². The first kappa shape index (κ1) is 20.4. The standard InChI is InChI=1S/C17H13F3O6S/c1-25-15(21)10-11-5-4-6-12(9-11)16(22)13-7-2-3-8-14(13)26-27(23,24)17(18,19)20/h2-9H,10H2,1H3. The molecular weight excluding hydrogens is 389 g/mol. The Morgan fingerprint density at radius 1 is 1.04 bits per heavy atom. The monoisotopic (exact) mass is 402 g/mol. The predicted molar refractivity (Wildman–Crippen MR) is 87.6 cm³/mol. The number of hydrogen-bond acceptors (Lipinski definition) is 6. The Hall–Kier alpha value is -2.88. The molecule has 144 valence electrons. The van der Waals surface area contributed by atoms with E-state index >= 15 is 0 Å². The van der Waals surface area contributed by atoms with Crippen LogP contribution in [0.25, 0.3) is 0 Å². The Kier molecular flexibility index (Phi) is 5.89. The van der Waals surface area contributed by atoms with E-state index in [4.69, 9.17) is 0 Å². The van der Waals surface area contributed by atoms with Gasteiger partial charge in [-0.05, 0) is 23.8 Å². The third kappa shape index (κ3) is 4.85. The maximum atomic E-state index is 12.6. The summed E-state index contributed by atoms with van der Waals surface area (Å²) in [4.78, 5) is 24.0. The Balaban J connectivity index is 2.38. The molecule has 0 aliphatic rings. The molecule has 0 fully saturated rings. The van der Waals surface area contributed by atoms with E-state index in [0.29, 0.717) is 5.56 Å². The second-order valence-corrected chi connectivity index (χ2v) is 6.80. The number of hydrogen-bond donors (Lipinski definition) is 0. The molecular formula is C17H13F3O6S. The van der Waals surface area contributed by atoms with Crippen molar-refractivity contribution in [1.82, 2.24) is 0 Å². The highest BCUT2D eigenvalue weighted by molar-refractivity contribution is 7.88. The number of alkyl halides is 3. The van der Waals surface area contributed by atoms with Crippen LogP contribution < -0.4 is 4.18 Å². The Bertz CT molecular complexity index is 967. The minimum absolute atomic E-state index is 0.0388. The summed E-state index contributed by atoms with van der Waals surface area (Å²) in [6.07, 6.45) is -0.113. The second kappa shape index (κ2) is 7.78. The Morgan fingerprint density at radius 2 is 1.70 bits per heavy atom. The molecule has 0 aliphatic carbocycles. The van der Waals surface area contributed by atoms with E-state index in [-0.39, 0.29) is 17.5 Å². The van der Waals surface area contributed by atoms with Crippen molar-refractivity contribution in [2.45, 2.75) is 11.9 Å². The smallest absolute Gasteiger partial charge is 0.469 e. The van der Waals surface area contributed by atoms with E-state index in [1.165, 1.54) is 37.4 Å². The summed E-state index contributed by atoms with van der Waals surface area (Å²) in [5.41, 5.74) is -5.53. The normalized spacial score (nSPS) is 11.7. The molecule has 0 N–H and O–H groups in total. The van der Waals surface area contributed by atoms with Gasteiger partial charge >= 0.3 is 21.6 Å². The molecule has 0 aromatic heterocycles. The van der Waals surface area contributed by atoms with Gasteiger partial charge in [0.2, 0.25) is 0 Å². The van der Waals surface area contributed by atoms with E-state index in [0.717, 1.165) is 12.1 Å². The van der Waals surface area contributed by atoms with Crippen molar-refractivity contribution in [3.63, 3.8) is 0 Å². The first-order chi connectivity index (χ1) is 12.5. The van der Waals surface area contributed by atoms with E-state index in [1.807, 2.05) is 0 Å². The molecule has 0 heterocycles. The van der Waals surface area contributed by atoms with Gasteiger partial charge in [-0.3, -0.25) is 9.59 Å². The molecule has 10 heteroatoms. The van der Waals surface area contributed by atoms with Crippen LogP contribution in [0.4, 0.5) is 13.2 Å². The zero-order chi connectivity index (χ0) is 20.2. The lowest BCUT2D eigenvalue weighted by Gasteiger charge is -2.12. The number of halogens is 3. The van der Waals surface area contributed by atoms with E-state index in [2.05, 4.69) is 8.92 Å². The Labute approximate surface area is 152 Å². The molecule has 0 aliphatic heterocycles. The van der Waals surface area contributed by atoms with Crippen LogP contribution in [-0.4, -0.2) is 32.8 Å². The van der Waals surface area contributed by atoms with Crippen LogP contribution >= 0.6 is 0 Å². The minimum Gasteiger partial charge on any atom is -0.469 e. The largest absolute Gasteiger partial charge is 0.534 e. The second-order valence-electron chi connectivity index (χ2n) is 5.26. The molecule has 0 radical (unpaired) electrons. The molecule has 0 bridgehead atoms. The zero-order valence-corrected chi connectivity index (χ0v) is 14.6. The SMILES string of the molecule is COC(=O)Cc1cccc(C(=O)c2ccccc2OS(=O)(=O)C(F)(F)F)c1. The van der Waals surface area contributed by atoms with E-state index < -0.39 is 33.1 Å². The Morgan fingerprint density at radius 3 is 2.33 bits per heavy atom. The van der Waals surface area contributed by atoms with Gasteiger partial charge in [-0.2, -0.15) is 21.6 Å². The van der Waals surface area contributed by atoms with E-state index in [9.17, 15) is 31.2 Å². The van der Waals surface area contributed by atoms with Crippen LogP contribution in [-0.2, 0) is 26.1 Å². The van der Waals surface area contributed by atoms with Gasteiger partial charge in [0.25, 0.3) is 0 Å². The molecule has 0 atom stereocenters. The van der Waals surface area contributed by atoms with Gasteiger partial charge in [-0.15, -0.1) is 0 Å². The molecule has 2 aromatic rings. The average molecular weight is 402 g/mol. The third-order valence-corrected chi connectivity index (χ3v) is 4.35. The van der Waals surface area contributed by atoms with Crippen molar-refractivity contribution in [3.8, 4) is 5.75 Å². The third-order valence-electron chi connectivity index (χ3n) is 3.38. The van der Waals surface area contributed by atoms with Crippen LogP contribution in [0.1, 0.15) is 21.5 Å². The molecule has 2 aromatic carbocycles. The summed E-state index contributed by atoms with van der Waals surface area (Å²) >= 11 is 0. The highest BCUT2D eigenvalue weighted by Gasteiger charge is 2.48. The molecule has 0 saturated carbocycles. The van der Waals surface area contributed by atoms with Gasteiger partial charge in [0.15, 0.2) is 11.5 Å². The average Bonchev–Trinajstić information content (AvgIpc) is 2.60. The number of para-hydroxylation sites is 1. The first-order valence-electron chi connectivity index (χ1n) is 7.35. The number of carbonyl (C=O) groups is 2. The predicted octanol–water partition coefficient (Wildman–Crippen LogP) is 2.86. The highest BCUT2D eigenvalue weighted by Crippen LogP contribution is 2.30. The summed E-state index contributed by atoms with van der Waals surface area (Å²) < 4.78 is 68.7. The summed E-state index contributed by atoms with van der Waals surface area (Å²) in [6, 6.07) is 10.4. The molecule has 0 unspecified atom stereocenters. The summed E-state index contributed by atoms with van der Waals surface area (Å²) in [6.45, 7) is 0. The number of esters is 1. The number of carbonyl (C=O) groups excluding carboxylic acids is 2. The summed E-state index contributed by atoms with van der Waals surface area (Å²) in [5, 5.41) is 0. The summed E-state index contributed by atoms with van der Waals surface area (Å²) in [5.74, 6) is -2.06. The van der Waals surface area contributed by atoms with Gasteiger partial charge in [-0.25, -0.2) is 0 Å². The fourth-order valence-corrected chi connectivity index (χ4v) is 2.59. The number of ketones is 1. The van der Waals surface area contributed by atoms with Crippen molar-refractivity contribution < 1.29 is 40.1 Å². The molecule has 0 spiro atoms. The number of benzene rings is 2. The van der Waals surface area contributed by atoms with Gasteiger partial charge in [0.1, 0.15) is 0 Å². The minimum atomic E-state index is -5.93. The summed E-state index contributed by atoms with van der Waals surface area (Å²) in [7, 11) is -4.73. The van der Waals surface area contributed by atoms with Gasteiger partial charge in [-0.1, -0.05) is 30.3 Å². The fourth-order valence-electron chi connectivity index (χ4n) is 2.11.